The molecule has 43 heavy (non-hydrogen) atoms. The molecule has 0 spiro atoms. The number of halogens is 6. The van der Waals surface area contributed by atoms with Gasteiger partial charge < -0.3 is 4.74 Å². The van der Waals surface area contributed by atoms with Crippen LogP contribution < -0.4 is 0 Å². The molecule has 0 aromatic heterocycles. The SMILES string of the molecule is C=CCCC(=C)/C=C\C(=C)C(=C)/C=C(/F)C(=C)C(=C)/C=C(/F)C(=C)C(=C)/C=C(/F)C(=C)C(F)(F)OC(=C)/C=C/C(=C)CF. The third-order valence-electron chi connectivity index (χ3n) is 5.43. The monoisotopic (exact) mass is 598 g/mol. The Morgan fingerprint density at radius 3 is 1.56 bits per heavy atom. The molecule has 0 aromatic carbocycles. The van der Waals surface area contributed by atoms with Crippen LogP contribution in [0.3, 0.4) is 0 Å². The molecule has 0 heterocycles. The molecule has 228 valence electrons. The van der Waals surface area contributed by atoms with Crippen molar-refractivity contribution in [1.82, 2.24) is 0 Å². The lowest BCUT2D eigenvalue weighted by molar-refractivity contribution is -0.177. The Kier molecular flexibility index (Phi) is 15.9. The van der Waals surface area contributed by atoms with E-state index in [0.717, 1.165) is 36.3 Å². The molecule has 0 atom stereocenters. The van der Waals surface area contributed by atoms with Gasteiger partial charge in [-0.2, -0.15) is 8.78 Å². The average molecular weight is 599 g/mol. The highest BCUT2D eigenvalue weighted by molar-refractivity contribution is 5.56. The van der Waals surface area contributed by atoms with Crippen molar-refractivity contribution in [3.8, 4) is 0 Å². The van der Waals surface area contributed by atoms with E-state index in [4.69, 9.17) is 0 Å². The van der Waals surface area contributed by atoms with E-state index in [1.54, 1.807) is 18.2 Å². The third-order valence-corrected chi connectivity index (χ3v) is 5.43. The molecule has 0 aliphatic carbocycles. The van der Waals surface area contributed by atoms with Crippen LogP contribution in [0.15, 0.2) is 194 Å². The Labute approximate surface area is 251 Å². The van der Waals surface area contributed by atoms with Crippen molar-refractivity contribution in [2.24, 2.45) is 0 Å². The molecule has 0 unspecified atom stereocenters. The van der Waals surface area contributed by atoms with Crippen molar-refractivity contribution in [3.05, 3.63) is 194 Å². The summed E-state index contributed by atoms with van der Waals surface area (Å²) in [7, 11) is 0. The molecule has 0 saturated carbocycles. The maximum absolute atomic E-state index is 14.8. The predicted molar refractivity (Wildman–Crippen MR) is 169 cm³/mol. The van der Waals surface area contributed by atoms with E-state index in [0.29, 0.717) is 18.1 Å². The summed E-state index contributed by atoms with van der Waals surface area (Å²) in [5.74, 6) is -4.21. The summed E-state index contributed by atoms with van der Waals surface area (Å²) in [5, 5.41) is 0. The second kappa shape index (κ2) is 17.9. The number of rotatable bonds is 20. The lowest BCUT2D eigenvalue weighted by Crippen LogP contribution is -2.23. The average Bonchev–Trinajstić information content (AvgIpc) is 2.95. The second-order valence-corrected chi connectivity index (χ2v) is 9.04. The summed E-state index contributed by atoms with van der Waals surface area (Å²) in [5.41, 5.74) is -1.48. The smallest absolute Gasteiger partial charge is 0.428 e. The Morgan fingerprint density at radius 1 is 0.605 bits per heavy atom. The topological polar surface area (TPSA) is 9.23 Å². The highest BCUT2D eigenvalue weighted by atomic mass is 19.3. The van der Waals surface area contributed by atoms with Gasteiger partial charge in [0.2, 0.25) is 0 Å². The maximum atomic E-state index is 14.8. The Bertz CT molecular complexity index is 1400. The van der Waals surface area contributed by atoms with Crippen LogP contribution in [-0.4, -0.2) is 12.8 Å². The van der Waals surface area contributed by atoms with Crippen molar-refractivity contribution in [2.45, 2.75) is 19.0 Å². The molecule has 7 heteroatoms. The van der Waals surface area contributed by atoms with Gasteiger partial charge in [-0.15, -0.1) is 6.58 Å². The fraction of sp³-hybridized carbons (Fsp3) is 0.111. The van der Waals surface area contributed by atoms with Gasteiger partial charge in [0.25, 0.3) is 0 Å². The number of alkyl halides is 3. The molecule has 0 rings (SSSR count). The summed E-state index contributed by atoms with van der Waals surface area (Å²) in [4.78, 5) is 0. The first-order valence-electron chi connectivity index (χ1n) is 12.5. The van der Waals surface area contributed by atoms with E-state index < -0.39 is 52.7 Å². The van der Waals surface area contributed by atoms with Crippen LogP contribution in [0.4, 0.5) is 26.3 Å². The number of allylic oxidation sites excluding steroid dienone is 18. The van der Waals surface area contributed by atoms with E-state index in [9.17, 15) is 26.3 Å². The minimum Gasteiger partial charge on any atom is -0.429 e. The molecule has 1 nitrogen and oxygen atoms in total. The van der Waals surface area contributed by atoms with Gasteiger partial charge in [-0.05, 0) is 65.0 Å². The molecule has 0 N–H and O–H groups in total. The summed E-state index contributed by atoms with van der Waals surface area (Å²) in [6.07, 6.45) is 6.51. The minimum atomic E-state index is -4.27. The zero-order chi connectivity index (χ0) is 33.5. The van der Waals surface area contributed by atoms with E-state index in [1.807, 2.05) is 0 Å². The van der Waals surface area contributed by atoms with Gasteiger partial charge in [0.05, 0.1) is 5.57 Å². The molecule has 0 aliphatic heterocycles. The lowest BCUT2D eigenvalue weighted by Gasteiger charge is -2.19. The minimum absolute atomic E-state index is 0.0328. The van der Waals surface area contributed by atoms with Crippen molar-refractivity contribution in [1.29, 1.82) is 0 Å². The van der Waals surface area contributed by atoms with E-state index in [1.165, 1.54) is 0 Å². The fourth-order valence-corrected chi connectivity index (χ4v) is 2.64. The van der Waals surface area contributed by atoms with Crippen LogP contribution in [0.5, 0.6) is 0 Å². The zero-order valence-electron chi connectivity index (χ0n) is 24.2. The first-order chi connectivity index (χ1) is 19.9. The van der Waals surface area contributed by atoms with Crippen LogP contribution in [-0.2, 0) is 4.74 Å². The zero-order valence-corrected chi connectivity index (χ0v) is 24.2. The molecule has 0 saturated heterocycles. The number of hydrogen-bond donors (Lipinski definition) is 0. The molecular formula is C36H36F6O. The summed E-state index contributed by atoms with van der Waals surface area (Å²) >= 11 is 0. The lowest BCUT2D eigenvalue weighted by atomic mass is 10.0. The van der Waals surface area contributed by atoms with Crippen LogP contribution in [0.2, 0.25) is 0 Å². The van der Waals surface area contributed by atoms with Crippen molar-refractivity contribution in [2.75, 3.05) is 6.67 Å². The summed E-state index contributed by atoms with van der Waals surface area (Å²) in [6.45, 7) is 37.6. The van der Waals surface area contributed by atoms with E-state index in [-0.39, 0.29) is 22.3 Å². The molecule has 0 aliphatic rings. The maximum Gasteiger partial charge on any atom is 0.428 e. The van der Waals surface area contributed by atoms with Gasteiger partial charge in [0.1, 0.15) is 29.9 Å². The van der Waals surface area contributed by atoms with Gasteiger partial charge in [0.15, 0.2) is 0 Å². The normalized spacial score (nSPS) is 12.6. The van der Waals surface area contributed by atoms with Gasteiger partial charge in [-0.1, -0.05) is 95.7 Å². The van der Waals surface area contributed by atoms with Crippen molar-refractivity contribution in [3.63, 3.8) is 0 Å². The van der Waals surface area contributed by atoms with Crippen LogP contribution in [0, 0.1) is 0 Å². The van der Waals surface area contributed by atoms with Crippen LogP contribution in [0.25, 0.3) is 0 Å². The van der Waals surface area contributed by atoms with E-state index in [2.05, 4.69) is 77.1 Å². The molecule has 0 radical (unpaired) electrons. The fourth-order valence-electron chi connectivity index (χ4n) is 2.64. The molecule has 0 fully saturated rings. The summed E-state index contributed by atoms with van der Waals surface area (Å²) in [6, 6.07) is 0. The van der Waals surface area contributed by atoms with Gasteiger partial charge in [-0.3, -0.25) is 0 Å². The molecule has 0 amide bonds. The second-order valence-electron chi connectivity index (χ2n) is 9.04. The first-order valence-corrected chi connectivity index (χ1v) is 12.5. The van der Waals surface area contributed by atoms with Crippen LogP contribution in [0.1, 0.15) is 12.8 Å². The highest BCUT2D eigenvalue weighted by Gasteiger charge is 2.38. The first kappa shape index (κ1) is 38.2. The van der Waals surface area contributed by atoms with E-state index >= 15 is 0 Å². The standard InChI is InChI=1S/C36H36F6O/c1-12-13-14-23(2)15-17-25(4)26(5)19-33(38)30(9)27(6)20-34(39)31(10)28(7)21-35(40)32(11)36(41,42)43-29(8)18-16-24(3)22-37/h12,15-21H,1-11,13-14,22H2/b17-15-,18-16+,33-19+,34-20+,35-21+. The predicted octanol–water partition coefficient (Wildman–Crippen LogP) is 11.7. The number of hydrogen-bond acceptors (Lipinski definition) is 1. The van der Waals surface area contributed by atoms with Crippen molar-refractivity contribution < 1.29 is 31.1 Å². The van der Waals surface area contributed by atoms with Crippen molar-refractivity contribution >= 4 is 0 Å². The Morgan fingerprint density at radius 2 is 1.07 bits per heavy atom. The highest BCUT2D eigenvalue weighted by Crippen LogP contribution is 2.34. The third kappa shape index (κ3) is 13.6. The van der Waals surface area contributed by atoms with Gasteiger partial charge in [-0.25, -0.2) is 17.6 Å². The Hall–Kier alpha value is -4.78. The van der Waals surface area contributed by atoms with Crippen LogP contribution >= 0.6 is 0 Å². The number of ether oxygens (including phenoxy) is 1. The Balaban J connectivity index is 5.51. The quantitative estimate of drug-likeness (QED) is 0.0586. The molecular weight excluding hydrogens is 562 g/mol. The summed E-state index contributed by atoms with van der Waals surface area (Å²) < 4.78 is 89.5. The largest absolute Gasteiger partial charge is 0.429 e. The van der Waals surface area contributed by atoms with Gasteiger partial charge in [0, 0.05) is 11.1 Å². The molecule has 0 bridgehead atoms. The molecule has 0 aromatic rings. The van der Waals surface area contributed by atoms with Gasteiger partial charge >= 0.3 is 6.11 Å².